The van der Waals surface area contributed by atoms with Crippen LogP contribution < -0.4 is 15.7 Å². The van der Waals surface area contributed by atoms with Crippen LogP contribution in [0.3, 0.4) is 0 Å². The monoisotopic (exact) mass is 370 g/mol. The minimum Gasteiger partial charge on any atom is -0.406 e. The molecule has 1 aromatic heterocycles. The molecule has 0 aliphatic carbocycles. The molecule has 0 bridgehead atoms. The maximum absolute atomic E-state index is 13.6. The molecule has 27 heavy (non-hydrogen) atoms. The lowest BCUT2D eigenvalue weighted by Gasteiger charge is -2.11. The molecule has 0 atom stereocenters. The molecular weight excluding hydrogens is 354 g/mol. The van der Waals surface area contributed by atoms with E-state index in [0.717, 1.165) is 4.73 Å². The number of aryl methyl sites for hydroxylation is 1. The van der Waals surface area contributed by atoms with Crippen molar-refractivity contribution in [1.82, 2.24) is 4.73 Å². The minimum absolute atomic E-state index is 0.180. The number of anilines is 1. The van der Waals surface area contributed by atoms with Crippen molar-refractivity contribution in [2.75, 3.05) is 5.32 Å². The molecule has 1 heterocycles. The predicted octanol–water partition coefficient (Wildman–Crippen LogP) is 3.32. The largest absolute Gasteiger partial charge is 0.406 e. The smallest absolute Gasteiger partial charge is 0.295 e. The number of carbonyl (C=O) groups is 1. The van der Waals surface area contributed by atoms with Crippen molar-refractivity contribution in [3.8, 4) is 0 Å². The van der Waals surface area contributed by atoms with Crippen LogP contribution in [0.2, 0.25) is 0 Å². The summed E-state index contributed by atoms with van der Waals surface area (Å²) in [5.41, 5.74) is 0.0436. The molecule has 3 aromatic rings. The van der Waals surface area contributed by atoms with E-state index in [2.05, 4.69) is 5.32 Å². The first kappa shape index (κ1) is 18.3. The van der Waals surface area contributed by atoms with E-state index in [0.29, 0.717) is 5.56 Å². The number of benzene rings is 2. The van der Waals surface area contributed by atoms with Crippen LogP contribution >= 0.6 is 0 Å². The van der Waals surface area contributed by atoms with Gasteiger partial charge in [0.15, 0.2) is 0 Å². The van der Waals surface area contributed by atoms with Gasteiger partial charge in [0.25, 0.3) is 11.5 Å². The Balaban J connectivity index is 1.77. The first-order valence-electron chi connectivity index (χ1n) is 8.11. The van der Waals surface area contributed by atoms with Gasteiger partial charge in [0.1, 0.15) is 23.8 Å². The third-order valence-corrected chi connectivity index (χ3v) is 3.91. The number of halogens is 2. The van der Waals surface area contributed by atoms with Crippen molar-refractivity contribution in [3.63, 3.8) is 0 Å². The summed E-state index contributed by atoms with van der Waals surface area (Å²) in [6.07, 6.45) is 1.32. The third kappa shape index (κ3) is 4.20. The van der Waals surface area contributed by atoms with Crippen molar-refractivity contribution in [1.29, 1.82) is 0 Å². The number of hydrogen-bond donors (Lipinski definition) is 1. The molecular formula is C20H16F2N2O3. The highest BCUT2D eigenvalue weighted by Gasteiger charge is 2.14. The fraction of sp³-hybridized carbons (Fsp3) is 0.100. The van der Waals surface area contributed by atoms with Gasteiger partial charge in [-0.25, -0.2) is 8.78 Å². The zero-order valence-corrected chi connectivity index (χ0v) is 14.4. The highest BCUT2D eigenvalue weighted by molar-refractivity contribution is 6.03. The highest BCUT2D eigenvalue weighted by atomic mass is 19.1. The molecule has 0 aliphatic rings. The number of pyridine rings is 1. The topological polar surface area (TPSA) is 60.3 Å². The van der Waals surface area contributed by atoms with Crippen LogP contribution in [0, 0.1) is 18.6 Å². The van der Waals surface area contributed by atoms with Crippen LogP contribution in [0.4, 0.5) is 14.5 Å². The molecule has 1 amide bonds. The number of nitrogens with zero attached hydrogens (tertiary/aromatic N) is 1. The van der Waals surface area contributed by atoms with Crippen molar-refractivity contribution < 1.29 is 18.4 Å². The van der Waals surface area contributed by atoms with Gasteiger partial charge in [0.2, 0.25) is 0 Å². The van der Waals surface area contributed by atoms with Gasteiger partial charge in [0, 0.05) is 17.4 Å². The first-order chi connectivity index (χ1) is 13.0. The summed E-state index contributed by atoms with van der Waals surface area (Å²) in [5, 5.41) is 2.47. The molecule has 5 nitrogen and oxygen atoms in total. The molecule has 0 fully saturated rings. The van der Waals surface area contributed by atoms with Crippen molar-refractivity contribution in [2.45, 2.75) is 13.5 Å². The summed E-state index contributed by atoms with van der Waals surface area (Å²) in [6, 6.07) is 13.0. The van der Waals surface area contributed by atoms with Crippen LogP contribution in [-0.4, -0.2) is 10.6 Å². The summed E-state index contributed by atoms with van der Waals surface area (Å²) in [5.74, 6) is -1.63. The normalized spacial score (nSPS) is 10.5. The van der Waals surface area contributed by atoms with Gasteiger partial charge in [-0.15, -0.1) is 0 Å². The number of amides is 1. The fourth-order valence-electron chi connectivity index (χ4n) is 2.37. The van der Waals surface area contributed by atoms with Gasteiger partial charge in [0.05, 0.1) is 0 Å². The average molecular weight is 370 g/mol. The van der Waals surface area contributed by atoms with E-state index in [1.165, 1.54) is 48.7 Å². The second-order valence-corrected chi connectivity index (χ2v) is 5.84. The Kier molecular flexibility index (Phi) is 5.30. The summed E-state index contributed by atoms with van der Waals surface area (Å²) < 4.78 is 28.1. The summed E-state index contributed by atoms with van der Waals surface area (Å²) >= 11 is 0. The lowest BCUT2D eigenvalue weighted by Crippen LogP contribution is -2.32. The number of aromatic nitrogens is 1. The molecule has 0 aliphatic heterocycles. The lowest BCUT2D eigenvalue weighted by atomic mass is 10.2. The van der Waals surface area contributed by atoms with Crippen LogP contribution in [0.25, 0.3) is 0 Å². The van der Waals surface area contributed by atoms with E-state index in [1.54, 1.807) is 19.1 Å². The van der Waals surface area contributed by atoms with Gasteiger partial charge in [-0.05, 0) is 42.8 Å². The van der Waals surface area contributed by atoms with E-state index in [9.17, 15) is 18.4 Å². The standard InChI is InChI=1S/C20H16F2N2O3/c1-13-8-9-15(11-18(13)22)23-19(25)16-6-4-10-24(20(16)26)27-12-14-5-2-3-7-17(14)21/h2-11H,12H2,1H3,(H,23,25). The van der Waals surface area contributed by atoms with Crippen LogP contribution in [0.1, 0.15) is 21.5 Å². The van der Waals surface area contributed by atoms with Gasteiger partial charge < -0.3 is 10.2 Å². The Morgan fingerprint density at radius 2 is 1.85 bits per heavy atom. The van der Waals surface area contributed by atoms with Gasteiger partial charge >= 0.3 is 0 Å². The molecule has 0 saturated heterocycles. The molecule has 0 saturated carbocycles. The van der Waals surface area contributed by atoms with E-state index in [1.807, 2.05) is 0 Å². The average Bonchev–Trinajstić information content (AvgIpc) is 2.65. The number of nitrogens with one attached hydrogen (secondary N) is 1. The zero-order valence-electron chi connectivity index (χ0n) is 14.4. The molecule has 3 rings (SSSR count). The Morgan fingerprint density at radius 1 is 1.07 bits per heavy atom. The van der Waals surface area contributed by atoms with Crippen LogP contribution in [-0.2, 0) is 6.61 Å². The Bertz CT molecular complexity index is 1050. The Labute approximate surface area is 153 Å². The molecule has 1 N–H and O–H groups in total. The van der Waals surface area contributed by atoms with Crippen LogP contribution in [0.5, 0.6) is 0 Å². The maximum Gasteiger partial charge on any atom is 0.295 e. The first-order valence-corrected chi connectivity index (χ1v) is 8.11. The second-order valence-electron chi connectivity index (χ2n) is 5.84. The SMILES string of the molecule is Cc1ccc(NC(=O)c2cccn(OCc3ccccc3F)c2=O)cc1F. The molecule has 7 heteroatoms. The summed E-state index contributed by atoms with van der Waals surface area (Å²) in [7, 11) is 0. The molecule has 0 radical (unpaired) electrons. The zero-order chi connectivity index (χ0) is 19.4. The Morgan fingerprint density at radius 3 is 2.59 bits per heavy atom. The lowest BCUT2D eigenvalue weighted by molar-refractivity contribution is 0.0847. The van der Waals surface area contributed by atoms with Crippen molar-refractivity contribution in [3.05, 3.63) is 99.5 Å². The number of rotatable bonds is 5. The third-order valence-electron chi connectivity index (χ3n) is 3.91. The number of carbonyl (C=O) groups excluding carboxylic acids is 1. The quantitative estimate of drug-likeness (QED) is 0.750. The second kappa shape index (κ2) is 7.82. The molecule has 138 valence electrons. The highest BCUT2D eigenvalue weighted by Crippen LogP contribution is 2.14. The predicted molar refractivity (Wildman–Crippen MR) is 96.5 cm³/mol. The molecule has 0 spiro atoms. The summed E-state index contributed by atoms with van der Waals surface area (Å²) in [6.45, 7) is 1.42. The van der Waals surface area contributed by atoms with Gasteiger partial charge in [-0.3, -0.25) is 9.59 Å². The van der Waals surface area contributed by atoms with Gasteiger partial charge in [-0.1, -0.05) is 24.3 Å². The van der Waals surface area contributed by atoms with Crippen molar-refractivity contribution >= 4 is 11.6 Å². The van der Waals surface area contributed by atoms with E-state index in [-0.39, 0.29) is 23.4 Å². The van der Waals surface area contributed by atoms with E-state index < -0.39 is 23.1 Å². The van der Waals surface area contributed by atoms with E-state index >= 15 is 0 Å². The molecule has 2 aromatic carbocycles. The number of hydrogen-bond acceptors (Lipinski definition) is 3. The fourth-order valence-corrected chi connectivity index (χ4v) is 2.37. The minimum atomic E-state index is -0.709. The van der Waals surface area contributed by atoms with Crippen molar-refractivity contribution in [2.24, 2.45) is 0 Å². The summed E-state index contributed by atoms with van der Waals surface area (Å²) in [4.78, 5) is 30.1. The van der Waals surface area contributed by atoms with Crippen LogP contribution in [0.15, 0.2) is 65.6 Å². The molecule has 0 unspecified atom stereocenters. The maximum atomic E-state index is 13.6. The Hall–Kier alpha value is -3.48. The van der Waals surface area contributed by atoms with Gasteiger partial charge in [-0.2, -0.15) is 4.73 Å². The van der Waals surface area contributed by atoms with E-state index in [4.69, 9.17) is 4.84 Å².